The first kappa shape index (κ1) is 13.2. The molecule has 5 nitrogen and oxygen atoms in total. The highest BCUT2D eigenvalue weighted by atomic mass is 32.2. The molecular formula is C14H16N2O3S. The zero-order valence-electron chi connectivity index (χ0n) is 11.2. The minimum absolute atomic E-state index is 0.103. The van der Waals surface area contributed by atoms with E-state index >= 15 is 0 Å². The number of amides is 1. The maximum absolute atomic E-state index is 12.5. The molecule has 1 unspecified atom stereocenters. The molecule has 1 aromatic carbocycles. The maximum Gasteiger partial charge on any atom is 0.256 e. The molecule has 0 bridgehead atoms. The Bertz CT molecular complexity index is 764. The van der Waals surface area contributed by atoms with Crippen molar-refractivity contribution >= 4 is 26.6 Å². The summed E-state index contributed by atoms with van der Waals surface area (Å²) in [4.78, 5) is 17.2. The van der Waals surface area contributed by atoms with Gasteiger partial charge < -0.3 is 9.88 Å². The SMILES string of the molecule is CS(=O)(=O)C1CCN(C(=O)c2c[nH]c3ccccc23)C1. The van der Waals surface area contributed by atoms with Crippen molar-refractivity contribution in [3.05, 3.63) is 36.0 Å². The molecule has 1 aromatic heterocycles. The van der Waals surface area contributed by atoms with Crippen LogP contribution in [0.2, 0.25) is 0 Å². The zero-order chi connectivity index (χ0) is 14.3. The lowest BCUT2D eigenvalue weighted by Crippen LogP contribution is -2.31. The molecule has 1 aliphatic rings. The van der Waals surface area contributed by atoms with E-state index in [1.54, 1.807) is 11.1 Å². The minimum atomic E-state index is -3.08. The van der Waals surface area contributed by atoms with E-state index in [2.05, 4.69) is 4.98 Å². The number of nitrogens with one attached hydrogen (secondary N) is 1. The van der Waals surface area contributed by atoms with Crippen molar-refractivity contribution in [3.63, 3.8) is 0 Å². The summed E-state index contributed by atoms with van der Waals surface area (Å²) < 4.78 is 23.1. The Morgan fingerprint density at radius 2 is 2.10 bits per heavy atom. The monoisotopic (exact) mass is 292 g/mol. The highest BCUT2D eigenvalue weighted by Gasteiger charge is 2.33. The maximum atomic E-state index is 12.5. The first-order valence-electron chi connectivity index (χ1n) is 6.51. The van der Waals surface area contributed by atoms with Crippen LogP contribution in [0, 0.1) is 0 Å². The lowest BCUT2D eigenvalue weighted by Gasteiger charge is -2.15. The van der Waals surface area contributed by atoms with Gasteiger partial charge in [0.1, 0.15) is 0 Å². The van der Waals surface area contributed by atoms with Crippen molar-refractivity contribution in [2.24, 2.45) is 0 Å². The van der Waals surface area contributed by atoms with E-state index in [9.17, 15) is 13.2 Å². The second-order valence-electron chi connectivity index (χ2n) is 5.24. The standard InChI is InChI=1S/C14H16N2O3S/c1-20(18,19)10-6-7-16(9-10)14(17)12-8-15-13-5-3-2-4-11(12)13/h2-5,8,10,15H,6-7,9H2,1H3. The van der Waals surface area contributed by atoms with E-state index < -0.39 is 15.1 Å². The molecule has 0 spiro atoms. The number of aromatic nitrogens is 1. The van der Waals surface area contributed by atoms with Gasteiger partial charge in [0.25, 0.3) is 5.91 Å². The molecular weight excluding hydrogens is 276 g/mol. The van der Waals surface area contributed by atoms with Crippen LogP contribution in [-0.4, -0.2) is 48.8 Å². The number of carbonyl (C=O) groups is 1. The van der Waals surface area contributed by atoms with Crippen LogP contribution < -0.4 is 0 Å². The Morgan fingerprint density at radius 3 is 2.80 bits per heavy atom. The number of fused-ring (bicyclic) bond motifs is 1. The highest BCUT2D eigenvalue weighted by Crippen LogP contribution is 2.23. The van der Waals surface area contributed by atoms with Crippen molar-refractivity contribution in [1.29, 1.82) is 0 Å². The molecule has 3 rings (SSSR count). The number of hydrogen-bond acceptors (Lipinski definition) is 3. The number of hydrogen-bond donors (Lipinski definition) is 1. The van der Waals surface area contributed by atoms with E-state index in [-0.39, 0.29) is 12.5 Å². The molecule has 1 atom stereocenters. The van der Waals surface area contributed by atoms with Gasteiger partial charge in [0, 0.05) is 36.4 Å². The summed E-state index contributed by atoms with van der Waals surface area (Å²) in [7, 11) is -3.08. The second-order valence-corrected chi connectivity index (χ2v) is 7.57. The van der Waals surface area contributed by atoms with E-state index in [4.69, 9.17) is 0 Å². The summed E-state index contributed by atoms with van der Waals surface area (Å²) in [5, 5.41) is 0.442. The van der Waals surface area contributed by atoms with E-state index in [0.717, 1.165) is 10.9 Å². The number of nitrogens with zero attached hydrogens (tertiary/aromatic N) is 1. The van der Waals surface area contributed by atoms with Crippen LogP contribution in [0.1, 0.15) is 16.8 Å². The number of para-hydroxylation sites is 1. The second kappa shape index (κ2) is 4.63. The van der Waals surface area contributed by atoms with Gasteiger partial charge in [-0.3, -0.25) is 4.79 Å². The van der Waals surface area contributed by atoms with Gasteiger partial charge in [0.15, 0.2) is 9.84 Å². The van der Waals surface area contributed by atoms with Crippen LogP contribution in [0.5, 0.6) is 0 Å². The molecule has 2 aromatic rings. The van der Waals surface area contributed by atoms with Crippen molar-refractivity contribution in [2.75, 3.05) is 19.3 Å². The number of benzene rings is 1. The van der Waals surface area contributed by atoms with Crippen LogP contribution in [0.3, 0.4) is 0 Å². The van der Waals surface area contributed by atoms with E-state index in [1.807, 2.05) is 24.3 Å². The predicted molar refractivity (Wildman–Crippen MR) is 77.5 cm³/mol. The summed E-state index contributed by atoms with van der Waals surface area (Å²) in [6, 6.07) is 7.59. The fraction of sp³-hybridized carbons (Fsp3) is 0.357. The van der Waals surface area contributed by atoms with Crippen molar-refractivity contribution in [1.82, 2.24) is 9.88 Å². The summed E-state index contributed by atoms with van der Waals surface area (Å²) in [6.07, 6.45) is 3.45. The molecule has 0 aliphatic carbocycles. The minimum Gasteiger partial charge on any atom is -0.360 e. The highest BCUT2D eigenvalue weighted by molar-refractivity contribution is 7.91. The van der Waals surface area contributed by atoms with Crippen LogP contribution >= 0.6 is 0 Å². The summed E-state index contributed by atoms with van der Waals surface area (Å²) in [5.41, 5.74) is 1.52. The van der Waals surface area contributed by atoms with Crippen LogP contribution in [0.4, 0.5) is 0 Å². The van der Waals surface area contributed by atoms with Crippen molar-refractivity contribution < 1.29 is 13.2 Å². The topological polar surface area (TPSA) is 70.2 Å². The predicted octanol–water partition coefficient (Wildman–Crippen LogP) is 1.43. The zero-order valence-corrected chi connectivity index (χ0v) is 12.0. The lowest BCUT2D eigenvalue weighted by molar-refractivity contribution is 0.0795. The Hall–Kier alpha value is -1.82. The van der Waals surface area contributed by atoms with Crippen molar-refractivity contribution in [2.45, 2.75) is 11.7 Å². The molecule has 0 saturated carbocycles. The average molecular weight is 292 g/mol. The number of carbonyl (C=O) groups excluding carboxylic acids is 1. The third-order valence-corrected chi connectivity index (χ3v) is 5.45. The first-order chi connectivity index (χ1) is 9.47. The molecule has 1 fully saturated rings. The molecule has 106 valence electrons. The van der Waals surface area contributed by atoms with E-state index in [1.165, 1.54) is 6.26 Å². The average Bonchev–Trinajstić information content (AvgIpc) is 3.04. The van der Waals surface area contributed by atoms with Gasteiger partial charge in [-0.05, 0) is 12.5 Å². The lowest BCUT2D eigenvalue weighted by atomic mass is 10.1. The first-order valence-corrected chi connectivity index (χ1v) is 8.46. The largest absolute Gasteiger partial charge is 0.360 e. The number of sulfone groups is 1. The third-order valence-electron chi connectivity index (χ3n) is 3.86. The van der Waals surface area contributed by atoms with Crippen molar-refractivity contribution in [3.8, 4) is 0 Å². The van der Waals surface area contributed by atoms with Gasteiger partial charge in [0.05, 0.1) is 10.8 Å². The fourth-order valence-corrected chi connectivity index (χ4v) is 3.67. The molecule has 0 radical (unpaired) electrons. The molecule has 1 N–H and O–H groups in total. The summed E-state index contributed by atoms with van der Waals surface area (Å²) in [6.45, 7) is 0.785. The fourth-order valence-electron chi connectivity index (χ4n) is 2.68. The Labute approximate surface area is 117 Å². The smallest absolute Gasteiger partial charge is 0.256 e. The van der Waals surface area contributed by atoms with E-state index in [0.29, 0.717) is 18.5 Å². The number of H-pyrrole nitrogens is 1. The van der Waals surface area contributed by atoms with Gasteiger partial charge in [0.2, 0.25) is 0 Å². The van der Waals surface area contributed by atoms with Gasteiger partial charge >= 0.3 is 0 Å². The Kier molecular flexibility index (Phi) is 3.05. The molecule has 1 saturated heterocycles. The third kappa shape index (κ3) is 2.20. The quantitative estimate of drug-likeness (QED) is 0.910. The van der Waals surface area contributed by atoms with Gasteiger partial charge in [-0.2, -0.15) is 0 Å². The number of likely N-dealkylation sites (tertiary alicyclic amines) is 1. The molecule has 1 amide bonds. The Balaban J connectivity index is 1.87. The van der Waals surface area contributed by atoms with Gasteiger partial charge in [-0.15, -0.1) is 0 Å². The van der Waals surface area contributed by atoms with Gasteiger partial charge in [-0.1, -0.05) is 18.2 Å². The number of aromatic amines is 1. The number of rotatable bonds is 2. The summed E-state index contributed by atoms with van der Waals surface area (Å²) >= 11 is 0. The Morgan fingerprint density at radius 1 is 1.35 bits per heavy atom. The molecule has 2 heterocycles. The van der Waals surface area contributed by atoms with Crippen LogP contribution in [-0.2, 0) is 9.84 Å². The molecule has 6 heteroatoms. The summed E-state index contributed by atoms with van der Waals surface area (Å²) in [5.74, 6) is -0.103. The van der Waals surface area contributed by atoms with Crippen LogP contribution in [0.15, 0.2) is 30.5 Å². The van der Waals surface area contributed by atoms with Gasteiger partial charge in [-0.25, -0.2) is 8.42 Å². The molecule has 1 aliphatic heterocycles. The normalized spacial score (nSPS) is 19.6. The molecule has 20 heavy (non-hydrogen) atoms. The van der Waals surface area contributed by atoms with Crippen LogP contribution in [0.25, 0.3) is 10.9 Å².